The second-order valence-electron chi connectivity index (χ2n) is 13.0. The predicted octanol–water partition coefficient (Wildman–Crippen LogP) is 1.57. The average molecular weight is 515 g/mol. The molecule has 4 fully saturated rings. The summed E-state index contributed by atoms with van der Waals surface area (Å²) < 4.78 is 0. The summed E-state index contributed by atoms with van der Waals surface area (Å²) in [4.78, 5) is 67.0. The molecule has 2 saturated carbocycles. The molecule has 4 rings (SSSR count). The van der Waals surface area contributed by atoms with E-state index in [1.54, 1.807) is 4.90 Å². The van der Waals surface area contributed by atoms with Gasteiger partial charge in [0, 0.05) is 24.4 Å². The molecule has 4 aliphatic rings. The molecular formula is C28H42N4O5. The number of fused-ring (bicyclic) bond motifs is 1. The Hall–Kier alpha value is -2.71. The Morgan fingerprint density at radius 1 is 1.16 bits per heavy atom. The van der Waals surface area contributed by atoms with E-state index in [0.29, 0.717) is 19.5 Å². The van der Waals surface area contributed by atoms with Crippen LogP contribution in [0.5, 0.6) is 0 Å². The first-order chi connectivity index (χ1) is 17.3. The van der Waals surface area contributed by atoms with Crippen molar-refractivity contribution in [2.75, 3.05) is 13.1 Å². The topological polar surface area (TPSA) is 125 Å². The van der Waals surface area contributed by atoms with Crippen molar-refractivity contribution in [1.82, 2.24) is 20.9 Å². The molecule has 2 aliphatic heterocycles. The zero-order valence-electron chi connectivity index (χ0n) is 22.8. The molecule has 204 valence electrons. The fraction of sp³-hybridized carbons (Fsp3) is 0.750. The van der Waals surface area contributed by atoms with Gasteiger partial charge in [0.1, 0.15) is 12.1 Å². The van der Waals surface area contributed by atoms with Crippen molar-refractivity contribution >= 4 is 29.4 Å². The summed E-state index contributed by atoms with van der Waals surface area (Å²) >= 11 is 0. The van der Waals surface area contributed by atoms with Crippen LogP contribution in [0.1, 0.15) is 66.7 Å². The summed E-state index contributed by atoms with van der Waals surface area (Å²) in [5.74, 6) is -1.36. The highest BCUT2D eigenvalue weighted by molar-refractivity contribution is 5.99. The average Bonchev–Trinajstić information content (AvgIpc) is 3.70. The molecular weight excluding hydrogens is 472 g/mol. The predicted molar refractivity (Wildman–Crippen MR) is 138 cm³/mol. The van der Waals surface area contributed by atoms with Crippen LogP contribution in [0.2, 0.25) is 0 Å². The van der Waals surface area contributed by atoms with Gasteiger partial charge in [-0.05, 0) is 61.3 Å². The number of rotatable bonds is 9. The van der Waals surface area contributed by atoms with Gasteiger partial charge in [0.25, 0.3) is 0 Å². The van der Waals surface area contributed by atoms with E-state index in [0.717, 1.165) is 19.3 Å². The van der Waals surface area contributed by atoms with Gasteiger partial charge in [-0.25, -0.2) is 0 Å². The van der Waals surface area contributed by atoms with Crippen molar-refractivity contribution in [1.29, 1.82) is 0 Å². The second kappa shape index (κ2) is 9.87. The number of hydrogen-bond acceptors (Lipinski definition) is 5. The van der Waals surface area contributed by atoms with Gasteiger partial charge < -0.3 is 20.9 Å². The van der Waals surface area contributed by atoms with Crippen molar-refractivity contribution in [2.24, 2.45) is 34.5 Å². The lowest BCUT2D eigenvalue weighted by molar-refractivity contribution is -0.145. The van der Waals surface area contributed by atoms with Crippen LogP contribution in [0.15, 0.2) is 12.7 Å². The molecule has 2 heterocycles. The fourth-order valence-corrected chi connectivity index (χ4v) is 6.15. The summed E-state index contributed by atoms with van der Waals surface area (Å²) in [7, 11) is 0. The number of likely N-dealkylation sites (tertiary alicyclic amines) is 1. The van der Waals surface area contributed by atoms with Crippen molar-refractivity contribution in [2.45, 2.75) is 84.8 Å². The third-order valence-corrected chi connectivity index (χ3v) is 8.87. The maximum absolute atomic E-state index is 13.8. The van der Waals surface area contributed by atoms with Crippen molar-refractivity contribution in [3.05, 3.63) is 12.7 Å². The number of piperidine rings is 2. The van der Waals surface area contributed by atoms with E-state index < -0.39 is 23.5 Å². The molecule has 0 radical (unpaired) electrons. The molecule has 0 aromatic heterocycles. The van der Waals surface area contributed by atoms with E-state index in [2.05, 4.69) is 36.4 Å². The van der Waals surface area contributed by atoms with Crippen molar-refractivity contribution in [3.8, 4) is 0 Å². The molecule has 4 amide bonds. The van der Waals surface area contributed by atoms with Gasteiger partial charge >= 0.3 is 0 Å². The highest BCUT2D eigenvalue weighted by Crippen LogP contribution is 2.65. The van der Waals surface area contributed by atoms with E-state index in [9.17, 15) is 24.0 Å². The SMILES string of the molecule is C=CC(=O)[C@H](C[C@@H]1CCCNC1=O)NC(=O)[C@@H]1[C@@H]2[C@H](CN1C(=O)C(NC(=O)C(C)(C)C)C1CC1)C2(C)C. The molecule has 1 unspecified atom stereocenters. The highest BCUT2D eigenvalue weighted by Gasteiger charge is 2.70. The molecule has 0 spiro atoms. The Bertz CT molecular complexity index is 995. The van der Waals surface area contributed by atoms with Gasteiger partial charge in [0.2, 0.25) is 23.6 Å². The minimum absolute atomic E-state index is 0.0212. The number of carbonyl (C=O) groups excluding carboxylic acids is 5. The Balaban J connectivity index is 1.53. The highest BCUT2D eigenvalue weighted by atomic mass is 16.2. The summed E-state index contributed by atoms with van der Waals surface area (Å²) in [6.45, 7) is 14.3. The first-order valence-corrected chi connectivity index (χ1v) is 13.6. The smallest absolute Gasteiger partial charge is 0.246 e. The van der Waals surface area contributed by atoms with Gasteiger partial charge in [-0.1, -0.05) is 41.2 Å². The molecule has 9 heteroatoms. The van der Waals surface area contributed by atoms with E-state index >= 15 is 0 Å². The lowest BCUT2D eigenvalue weighted by atomic mass is 9.89. The van der Waals surface area contributed by atoms with E-state index in [-0.39, 0.29) is 64.9 Å². The number of ketones is 1. The van der Waals surface area contributed by atoms with Crippen LogP contribution in [0, 0.1) is 34.5 Å². The van der Waals surface area contributed by atoms with Crippen LogP contribution in [-0.2, 0) is 24.0 Å². The zero-order chi connectivity index (χ0) is 27.3. The minimum atomic E-state index is -0.878. The van der Waals surface area contributed by atoms with Crippen LogP contribution in [0.4, 0.5) is 0 Å². The van der Waals surface area contributed by atoms with E-state index in [1.165, 1.54) is 6.08 Å². The lowest BCUT2D eigenvalue weighted by Crippen LogP contribution is -2.59. The van der Waals surface area contributed by atoms with Crippen molar-refractivity contribution in [3.63, 3.8) is 0 Å². The first kappa shape index (κ1) is 27.3. The molecule has 6 atom stereocenters. The third-order valence-electron chi connectivity index (χ3n) is 8.87. The van der Waals surface area contributed by atoms with Gasteiger partial charge in [-0.3, -0.25) is 24.0 Å². The van der Waals surface area contributed by atoms with Crippen molar-refractivity contribution < 1.29 is 24.0 Å². The number of amides is 4. The second-order valence-corrected chi connectivity index (χ2v) is 13.0. The first-order valence-electron chi connectivity index (χ1n) is 13.6. The van der Waals surface area contributed by atoms with Crippen LogP contribution in [-0.4, -0.2) is 65.5 Å². The molecule has 37 heavy (non-hydrogen) atoms. The maximum Gasteiger partial charge on any atom is 0.246 e. The van der Waals surface area contributed by atoms with Gasteiger partial charge in [0.05, 0.1) is 6.04 Å². The Morgan fingerprint density at radius 2 is 1.84 bits per heavy atom. The van der Waals surface area contributed by atoms with Crippen LogP contribution < -0.4 is 16.0 Å². The van der Waals surface area contributed by atoms with Crippen LogP contribution in [0.25, 0.3) is 0 Å². The fourth-order valence-electron chi connectivity index (χ4n) is 6.15. The maximum atomic E-state index is 13.8. The molecule has 3 N–H and O–H groups in total. The molecule has 0 aromatic rings. The summed E-state index contributed by atoms with van der Waals surface area (Å²) in [6, 6.07) is -2.25. The number of nitrogens with one attached hydrogen (secondary N) is 3. The largest absolute Gasteiger partial charge is 0.356 e. The van der Waals surface area contributed by atoms with Gasteiger partial charge in [-0.2, -0.15) is 0 Å². The molecule has 9 nitrogen and oxygen atoms in total. The third kappa shape index (κ3) is 5.46. The van der Waals surface area contributed by atoms with Gasteiger partial charge in [0.15, 0.2) is 5.78 Å². The Labute approximate surface area is 219 Å². The monoisotopic (exact) mass is 514 g/mol. The van der Waals surface area contributed by atoms with Crippen LogP contribution in [0.3, 0.4) is 0 Å². The minimum Gasteiger partial charge on any atom is -0.356 e. The summed E-state index contributed by atoms with van der Waals surface area (Å²) in [6.07, 6.45) is 4.59. The number of hydrogen-bond donors (Lipinski definition) is 3. The van der Waals surface area contributed by atoms with E-state index in [4.69, 9.17) is 0 Å². The Morgan fingerprint density at radius 3 is 2.41 bits per heavy atom. The molecule has 0 aromatic carbocycles. The summed E-state index contributed by atoms with van der Waals surface area (Å²) in [5, 5.41) is 8.67. The lowest BCUT2D eigenvalue weighted by Gasteiger charge is -2.35. The standard InChI is InChI=1S/C28H42N4O5/c1-7-19(33)18(13-16-9-8-12-29-23(16)34)30-24(35)22-20-17(28(20,5)6)14-32(22)25(36)21(15-10-11-15)31-26(37)27(2,3)4/h7,15-18,20-22H,1,8-14H2,2-6H3,(H,29,34)(H,30,35)(H,31,37)/t16-,17-,18-,20-,21?,22-/m0/s1. The summed E-state index contributed by atoms with van der Waals surface area (Å²) in [5.41, 5.74) is -0.729. The normalized spacial score (nSPS) is 29.9. The number of nitrogens with zero attached hydrogens (tertiary/aromatic N) is 1. The van der Waals surface area contributed by atoms with Crippen LogP contribution >= 0.6 is 0 Å². The zero-order valence-corrected chi connectivity index (χ0v) is 22.8. The molecule has 2 saturated heterocycles. The van der Waals surface area contributed by atoms with E-state index in [1.807, 2.05) is 20.8 Å². The molecule has 2 aliphatic carbocycles. The van der Waals surface area contributed by atoms with Gasteiger partial charge in [-0.15, -0.1) is 0 Å². The number of carbonyl (C=O) groups is 5. The molecule has 0 bridgehead atoms. The quantitative estimate of drug-likeness (QED) is 0.403. The Kier molecular flexibility index (Phi) is 7.29.